The van der Waals surface area contributed by atoms with Crippen LogP contribution in [0, 0.1) is 13.8 Å². The Kier molecular flexibility index (Phi) is 7.09. The molecule has 2 aromatic rings. The first-order valence-electron chi connectivity index (χ1n) is 9.77. The van der Waals surface area contributed by atoms with Crippen LogP contribution in [0.1, 0.15) is 31.8 Å². The summed E-state index contributed by atoms with van der Waals surface area (Å²) in [7, 11) is -2.54. The van der Waals surface area contributed by atoms with E-state index < -0.39 is 22.6 Å². The number of benzene rings is 2. The highest BCUT2D eigenvalue weighted by Gasteiger charge is 2.30. The molecule has 0 bridgehead atoms. The number of carbonyl (C=O) groups is 2. The Balaban J connectivity index is 1.77. The van der Waals surface area contributed by atoms with Gasteiger partial charge < -0.3 is 14.2 Å². The summed E-state index contributed by atoms with van der Waals surface area (Å²) in [5.74, 6) is -1.02. The predicted octanol–water partition coefficient (Wildman–Crippen LogP) is 2.37. The van der Waals surface area contributed by atoms with Crippen molar-refractivity contribution in [3.8, 4) is 5.75 Å². The van der Waals surface area contributed by atoms with Crippen LogP contribution in [0.4, 0.5) is 0 Å². The van der Waals surface area contributed by atoms with E-state index >= 15 is 0 Å². The molecule has 0 N–H and O–H groups in total. The van der Waals surface area contributed by atoms with Crippen LogP contribution in [0.5, 0.6) is 5.75 Å². The molecule has 1 saturated heterocycles. The number of rotatable bonds is 7. The standard InChI is InChI=1S/C22H25NO7S/c1-15-4-5-17(12-16(15)2)19(24)14-30-22(25)18-6-7-20(28-3)21(13-18)31(26,27)23-8-10-29-11-9-23/h4-7,12-13H,8-11,14H2,1-3H3. The van der Waals surface area contributed by atoms with Gasteiger partial charge in [-0.05, 0) is 49.2 Å². The fourth-order valence-corrected chi connectivity index (χ4v) is 4.73. The average molecular weight is 448 g/mol. The van der Waals surface area contributed by atoms with E-state index in [1.807, 2.05) is 19.9 Å². The van der Waals surface area contributed by atoms with Gasteiger partial charge in [-0.15, -0.1) is 0 Å². The zero-order valence-electron chi connectivity index (χ0n) is 17.7. The maximum atomic E-state index is 13.0. The lowest BCUT2D eigenvalue weighted by molar-refractivity contribution is 0.0474. The highest BCUT2D eigenvalue weighted by Crippen LogP contribution is 2.28. The van der Waals surface area contributed by atoms with Gasteiger partial charge in [0.25, 0.3) is 0 Å². The zero-order chi connectivity index (χ0) is 22.6. The van der Waals surface area contributed by atoms with Crippen molar-refractivity contribution >= 4 is 21.8 Å². The van der Waals surface area contributed by atoms with E-state index in [2.05, 4.69) is 0 Å². The van der Waals surface area contributed by atoms with Crippen LogP contribution in [0.2, 0.25) is 0 Å². The van der Waals surface area contributed by atoms with Crippen LogP contribution in [-0.2, 0) is 19.5 Å². The SMILES string of the molecule is COc1ccc(C(=O)OCC(=O)c2ccc(C)c(C)c2)cc1S(=O)(=O)N1CCOCC1. The molecule has 0 atom stereocenters. The highest BCUT2D eigenvalue weighted by atomic mass is 32.2. The zero-order valence-corrected chi connectivity index (χ0v) is 18.5. The van der Waals surface area contributed by atoms with Crippen molar-refractivity contribution in [2.75, 3.05) is 40.0 Å². The van der Waals surface area contributed by atoms with E-state index in [-0.39, 0.29) is 35.1 Å². The minimum Gasteiger partial charge on any atom is -0.495 e. The molecule has 1 fully saturated rings. The van der Waals surface area contributed by atoms with Crippen molar-refractivity contribution in [1.82, 2.24) is 4.31 Å². The van der Waals surface area contributed by atoms with Gasteiger partial charge in [0.2, 0.25) is 10.0 Å². The molecular weight excluding hydrogens is 422 g/mol. The Hall–Kier alpha value is -2.75. The molecule has 0 unspecified atom stereocenters. The van der Waals surface area contributed by atoms with E-state index in [1.54, 1.807) is 12.1 Å². The molecular formula is C22H25NO7S. The molecule has 0 saturated carbocycles. The predicted molar refractivity (Wildman–Crippen MR) is 113 cm³/mol. The van der Waals surface area contributed by atoms with Gasteiger partial charge in [0.1, 0.15) is 10.6 Å². The number of carbonyl (C=O) groups excluding carboxylic acids is 2. The molecule has 0 aliphatic carbocycles. The molecule has 1 aliphatic heterocycles. The summed E-state index contributed by atoms with van der Waals surface area (Å²) < 4.78 is 42.9. The van der Waals surface area contributed by atoms with Gasteiger partial charge in [-0.25, -0.2) is 13.2 Å². The summed E-state index contributed by atoms with van der Waals surface area (Å²) in [4.78, 5) is 24.7. The number of morpholine rings is 1. The quantitative estimate of drug-likeness (QED) is 0.475. The Morgan fingerprint density at radius 3 is 2.32 bits per heavy atom. The van der Waals surface area contributed by atoms with Crippen molar-refractivity contribution in [2.24, 2.45) is 0 Å². The van der Waals surface area contributed by atoms with Crippen LogP contribution >= 0.6 is 0 Å². The lowest BCUT2D eigenvalue weighted by atomic mass is 10.0. The second-order valence-corrected chi connectivity index (χ2v) is 9.09. The van der Waals surface area contributed by atoms with E-state index in [0.29, 0.717) is 18.8 Å². The molecule has 1 aliphatic rings. The molecule has 2 aromatic carbocycles. The van der Waals surface area contributed by atoms with Gasteiger partial charge in [-0.1, -0.05) is 12.1 Å². The summed E-state index contributed by atoms with van der Waals surface area (Å²) >= 11 is 0. The Morgan fingerprint density at radius 2 is 1.68 bits per heavy atom. The van der Waals surface area contributed by atoms with Crippen LogP contribution in [0.15, 0.2) is 41.3 Å². The van der Waals surface area contributed by atoms with Crippen molar-refractivity contribution < 1.29 is 32.2 Å². The molecule has 166 valence electrons. The van der Waals surface area contributed by atoms with Crippen molar-refractivity contribution in [2.45, 2.75) is 18.7 Å². The number of ether oxygens (including phenoxy) is 3. The molecule has 3 rings (SSSR count). The highest BCUT2D eigenvalue weighted by molar-refractivity contribution is 7.89. The average Bonchev–Trinajstić information content (AvgIpc) is 2.79. The normalized spacial score (nSPS) is 14.8. The Morgan fingerprint density at radius 1 is 1.00 bits per heavy atom. The van der Waals surface area contributed by atoms with E-state index in [9.17, 15) is 18.0 Å². The number of aryl methyl sites for hydroxylation is 2. The second-order valence-electron chi connectivity index (χ2n) is 7.18. The third-order valence-electron chi connectivity index (χ3n) is 5.15. The van der Waals surface area contributed by atoms with Crippen LogP contribution in [-0.4, -0.2) is 64.5 Å². The van der Waals surface area contributed by atoms with Gasteiger partial charge in [-0.3, -0.25) is 4.79 Å². The molecule has 0 radical (unpaired) electrons. The molecule has 31 heavy (non-hydrogen) atoms. The van der Waals surface area contributed by atoms with Gasteiger partial charge in [0, 0.05) is 18.7 Å². The van der Waals surface area contributed by atoms with Crippen LogP contribution in [0.25, 0.3) is 0 Å². The van der Waals surface area contributed by atoms with E-state index in [4.69, 9.17) is 14.2 Å². The third-order valence-corrected chi connectivity index (χ3v) is 7.07. The van der Waals surface area contributed by atoms with Crippen LogP contribution in [0.3, 0.4) is 0 Å². The number of esters is 1. The monoisotopic (exact) mass is 447 g/mol. The van der Waals surface area contributed by atoms with Crippen molar-refractivity contribution in [1.29, 1.82) is 0 Å². The van der Waals surface area contributed by atoms with Crippen molar-refractivity contribution in [3.05, 3.63) is 58.7 Å². The minimum atomic E-state index is -3.89. The van der Waals surface area contributed by atoms with Crippen LogP contribution < -0.4 is 4.74 Å². The first kappa shape index (κ1) is 22.9. The summed E-state index contributed by atoms with van der Waals surface area (Å²) in [6, 6.07) is 9.27. The van der Waals surface area contributed by atoms with E-state index in [1.165, 1.54) is 29.6 Å². The Bertz CT molecular complexity index is 1090. The number of ketones is 1. The van der Waals surface area contributed by atoms with Gasteiger partial charge in [0.05, 0.1) is 25.9 Å². The first-order chi connectivity index (χ1) is 14.7. The van der Waals surface area contributed by atoms with Crippen molar-refractivity contribution in [3.63, 3.8) is 0 Å². The number of sulfonamides is 1. The summed E-state index contributed by atoms with van der Waals surface area (Å²) in [6.07, 6.45) is 0. The molecule has 9 heteroatoms. The molecule has 0 aromatic heterocycles. The minimum absolute atomic E-state index is 0.0144. The fourth-order valence-electron chi connectivity index (χ4n) is 3.14. The van der Waals surface area contributed by atoms with Gasteiger partial charge in [0.15, 0.2) is 12.4 Å². The number of hydrogen-bond donors (Lipinski definition) is 0. The summed E-state index contributed by atoms with van der Waals surface area (Å²) in [6.45, 7) is 4.41. The largest absolute Gasteiger partial charge is 0.495 e. The van der Waals surface area contributed by atoms with Gasteiger partial charge >= 0.3 is 5.97 Å². The number of methoxy groups -OCH3 is 1. The molecule has 0 spiro atoms. The summed E-state index contributed by atoms with van der Waals surface area (Å²) in [5, 5.41) is 0. The lowest BCUT2D eigenvalue weighted by Gasteiger charge is -2.26. The molecule has 0 amide bonds. The summed E-state index contributed by atoms with van der Waals surface area (Å²) in [5.41, 5.74) is 2.48. The van der Waals surface area contributed by atoms with E-state index in [0.717, 1.165) is 11.1 Å². The number of Topliss-reactive ketones (excluding diaryl/α,β-unsaturated/α-hetero) is 1. The Labute approximate surface area is 181 Å². The first-order valence-corrected chi connectivity index (χ1v) is 11.2. The number of nitrogens with zero attached hydrogens (tertiary/aromatic N) is 1. The van der Waals surface area contributed by atoms with Gasteiger partial charge in [-0.2, -0.15) is 4.31 Å². The fraction of sp³-hybridized carbons (Fsp3) is 0.364. The molecule has 1 heterocycles. The smallest absolute Gasteiger partial charge is 0.338 e. The number of hydrogen-bond acceptors (Lipinski definition) is 7. The molecule has 8 nitrogen and oxygen atoms in total. The lowest BCUT2D eigenvalue weighted by Crippen LogP contribution is -2.40. The maximum absolute atomic E-state index is 13.0. The second kappa shape index (κ2) is 9.59. The maximum Gasteiger partial charge on any atom is 0.338 e. The topological polar surface area (TPSA) is 99.2 Å². The third kappa shape index (κ3) is 5.12.